The minimum absolute atomic E-state index is 0.174. The molecule has 1 aromatic rings. The zero-order chi connectivity index (χ0) is 14.6. The minimum Gasteiger partial charge on any atom is -0.460 e. The van der Waals surface area contributed by atoms with Gasteiger partial charge in [-0.15, -0.1) is 0 Å². The highest BCUT2D eigenvalue weighted by atomic mass is 79.9. The molecule has 0 saturated heterocycles. The van der Waals surface area contributed by atoms with E-state index in [4.69, 9.17) is 4.74 Å². The van der Waals surface area contributed by atoms with Crippen molar-refractivity contribution in [2.75, 3.05) is 11.9 Å². The molecule has 106 valence electrons. The fourth-order valence-corrected chi connectivity index (χ4v) is 2.56. The van der Waals surface area contributed by atoms with Crippen molar-refractivity contribution in [1.29, 1.82) is 0 Å². The first-order valence-electron chi connectivity index (χ1n) is 6.41. The average molecular weight is 328 g/mol. The van der Waals surface area contributed by atoms with E-state index in [1.54, 1.807) is 0 Å². The summed E-state index contributed by atoms with van der Waals surface area (Å²) < 4.78 is 6.34. The van der Waals surface area contributed by atoms with Gasteiger partial charge in [0.1, 0.15) is 5.60 Å². The Labute approximate surface area is 123 Å². The number of rotatable bonds is 4. The normalized spacial score (nSPS) is 11.3. The van der Waals surface area contributed by atoms with Crippen LogP contribution in [0.3, 0.4) is 0 Å². The molecule has 0 aliphatic carbocycles. The van der Waals surface area contributed by atoms with Crippen LogP contribution in [-0.2, 0) is 9.53 Å². The third-order valence-electron chi connectivity index (χ3n) is 2.55. The van der Waals surface area contributed by atoms with Crippen LogP contribution in [0.15, 0.2) is 16.6 Å². The molecule has 0 aliphatic heterocycles. The van der Waals surface area contributed by atoms with Crippen molar-refractivity contribution in [1.82, 2.24) is 0 Å². The number of halogens is 1. The van der Waals surface area contributed by atoms with Gasteiger partial charge in [0.25, 0.3) is 0 Å². The van der Waals surface area contributed by atoms with Gasteiger partial charge in [-0.05, 0) is 57.9 Å². The molecule has 1 aromatic carbocycles. The second-order valence-corrected chi connectivity index (χ2v) is 6.59. The molecule has 0 unspecified atom stereocenters. The van der Waals surface area contributed by atoms with Crippen LogP contribution in [0.4, 0.5) is 5.69 Å². The van der Waals surface area contributed by atoms with E-state index in [0.29, 0.717) is 13.0 Å². The van der Waals surface area contributed by atoms with Crippen LogP contribution >= 0.6 is 15.9 Å². The van der Waals surface area contributed by atoms with Crippen LogP contribution in [-0.4, -0.2) is 18.1 Å². The lowest BCUT2D eigenvalue weighted by Crippen LogP contribution is -2.25. The average Bonchev–Trinajstić information content (AvgIpc) is 2.19. The third kappa shape index (κ3) is 5.64. The first-order valence-corrected chi connectivity index (χ1v) is 7.21. The summed E-state index contributed by atoms with van der Waals surface area (Å²) in [5.41, 5.74) is 3.00. The molecule has 19 heavy (non-hydrogen) atoms. The van der Waals surface area contributed by atoms with E-state index in [1.165, 1.54) is 0 Å². The third-order valence-corrected chi connectivity index (χ3v) is 3.01. The van der Waals surface area contributed by atoms with E-state index in [2.05, 4.69) is 33.4 Å². The van der Waals surface area contributed by atoms with E-state index in [0.717, 1.165) is 21.3 Å². The van der Waals surface area contributed by atoms with Crippen LogP contribution in [0.25, 0.3) is 0 Å². The number of aryl methyl sites for hydroxylation is 2. The van der Waals surface area contributed by atoms with Crippen molar-refractivity contribution in [3.63, 3.8) is 0 Å². The van der Waals surface area contributed by atoms with Crippen LogP contribution in [0.2, 0.25) is 0 Å². The zero-order valence-electron chi connectivity index (χ0n) is 12.3. The minimum atomic E-state index is -0.416. The fourth-order valence-electron chi connectivity index (χ4n) is 1.87. The molecule has 1 rings (SSSR count). The SMILES string of the molecule is Cc1cc(Br)cc(C)c1NCCC(=O)OC(C)(C)C. The Balaban J connectivity index is 2.52. The Morgan fingerprint density at radius 3 is 2.26 bits per heavy atom. The number of benzene rings is 1. The first kappa shape index (κ1) is 16.0. The standard InChI is InChI=1S/C15H22BrNO2/c1-10-8-12(16)9-11(2)14(10)17-7-6-13(18)19-15(3,4)5/h8-9,17H,6-7H2,1-5H3. The Morgan fingerprint density at radius 2 is 1.79 bits per heavy atom. The second-order valence-electron chi connectivity index (χ2n) is 5.68. The van der Waals surface area contributed by atoms with Crippen molar-refractivity contribution >= 4 is 27.6 Å². The number of carbonyl (C=O) groups excluding carboxylic acids is 1. The number of hydrogen-bond donors (Lipinski definition) is 1. The van der Waals surface area contributed by atoms with Crippen LogP contribution < -0.4 is 5.32 Å². The molecule has 4 heteroatoms. The first-order chi connectivity index (χ1) is 8.69. The molecule has 0 saturated carbocycles. The lowest BCUT2D eigenvalue weighted by Gasteiger charge is -2.20. The number of hydrogen-bond acceptors (Lipinski definition) is 3. The van der Waals surface area contributed by atoms with Gasteiger partial charge in [-0.3, -0.25) is 4.79 Å². The number of nitrogens with one attached hydrogen (secondary N) is 1. The molecule has 0 amide bonds. The van der Waals surface area contributed by atoms with Crippen molar-refractivity contribution in [3.05, 3.63) is 27.7 Å². The summed E-state index contributed by atoms with van der Waals surface area (Å²) in [5.74, 6) is -0.174. The summed E-state index contributed by atoms with van der Waals surface area (Å²) in [7, 11) is 0. The molecule has 0 bridgehead atoms. The molecular formula is C15H22BrNO2. The number of ether oxygens (including phenoxy) is 1. The van der Waals surface area contributed by atoms with Crippen molar-refractivity contribution in [2.24, 2.45) is 0 Å². The van der Waals surface area contributed by atoms with Crippen molar-refractivity contribution in [2.45, 2.75) is 46.6 Å². The Morgan fingerprint density at radius 1 is 1.26 bits per heavy atom. The Hall–Kier alpha value is -1.03. The predicted octanol–water partition coefficient (Wildman–Crippen LogP) is 4.21. The smallest absolute Gasteiger partial charge is 0.308 e. The van der Waals surface area contributed by atoms with Gasteiger partial charge in [-0.1, -0.05) is 15.9 Å². The summed E-state index contributed by atoms with van der Waals surface area (Å²) in [5, 5.41) is 3.30. The summed E-state index contributed by atoms with van der Waals surface area (Å²) in [6, 6.07) is 4.12. The molecule has 0 spiro atoms. The Bertz CT molecular complexity index is 441. The molecule has 0 fully saturated rings. The fraction of sp³-hybridized carbons (Fsp3) is 0.533. The summed E-state index contributed by atoms with van der Waals surface area (Å²) in [6.45, 7) is 10.3. The van der Waals surface area contributed by atoms with Crippen molar-refractivity contribution < 1.29 is 9.53 Å². The maximum Gasteiger partial charge on any atom is 0.308 e. The van der Waals surface area contributed by atoms with Gasteiger partial charge in [0.05, 0.1) is 6.42 Å². The summed E-state index contributed by atoms with van der Waals surface area (Å²) in [6.07, 6.45) is 0.367. The highest BCUT2D eigenvalue weighted by Crippen LogP contribution is 2.25. The molecule has 1 N–H and O–H groups in total. The molecule has 0 aromatic heterocycles. The molecule has 0 heterocycles. The van der Waals surface area contributed by atoms with Gasteiger partial charge in [-0.2, -0.15) is 0 Å². The number of anilines is 1. The highest BCUT2D eigenvalue weighted by molar-refractivity contribution is 9.10. The van der Waals surface area contributed by atoms with Crippen LogP contribution in [0.1, 0.15) is 38.3 Å². The maximum atomic E-state index is 11.6. The van der Waals surface area contributed by atoms with E-state index >= 15 is 0 Å². The van der Waals surface area contributed by atoms with Gasteiger partial charge in [-0.25, -0.2) is 0 Å². The van der Waals surface area contributed by atoms with E-state index < -0.39 is 5.60 Å². The maximum absolute atomic E-state index is 11.6. The van der Waals surface area contributed by atoms with Gasteiger partial charge < -0.3 is 10.1 Å². The van der Waals surface area contributed by atoms with Gasteiger partial charge in [0.15, 0.2) is 0 Å². The van der Waals surface area contributed by atoms with Crippen LogP contribution in [0, 0.1) is 13.8 Å². The number of carbonyl (C=O) groups is 1. The number of esters is 1. The van der Waals surface area contributed by atoms with Gasteiger partial charge >= 0.3 is 5.97 Å². The van der Waals surface area contributed by atoms with Gasteiger partial charge in [0.2, 0.25) is 0 Å². The predicted molar refractivity (Wildman–Crippen MR) is 82.6 cm³/mol. The molecular weight excluding hydrogens is 306 g/mol. The highest BCUT2D eigenvalue weighted by Gasteiger charge is 2.15. The van der Waals surface area contributed by atoms with Gasteiger partial charge in [0, 0.05) is 16.7 Å². The lowest BCUT2D eigenvalue weighted by atomic mass is 10.1. The second kappa shape index (κ2) is 6.42. The monoisotopic (exact) mass is 327 g/mol. The van der Waals surface area contributed by atoms with E-state index in [9.17, 15) is 4.79 Å². The Kier molecular flexibility index (Phi) is 5.41. The zero-order valence-corrected chi connectivity index (χ0v) is 13.8. The topological polar surface area (TPSA) is 38.3 Å². The quantitative estimate of drug-likeness (QED) is 0.842. The van der Waals surface area contributed by atoms with Crippen molar-refractivity contribution in [3.8, 4) is 0 Å². The van der Waals surface area contributed by atoms with E-state index in [1.807, 2.05) is 34.6 Å². The molecule has 0 aliphatic rings. The van der Waals surface area contributed by atoms with E-state index in [-0.39, 0.29) is 5.97 Å². The molecule has 0 atom stereocenters. The van der Waals surface area contributed by atoms with Crippen LogP contribution in [0.5, 0.6) is 0 Å². The summed E-state index contributed by atoms with van der Waals surface area (Å²) in [4.78, 5) is 11.6. The molecule has 0 radical (unpaired) electrons. The summed E-state index contributed by atoms with van der Waals surface area (Å²) >= 11 is 3.47. The lowest BCUT2D eigenvalue weighted by molar-refractivity contribution is -0.154. The molecule has 3 nitrogen and oxygen atoms in total. The largest absolute Gasteiger partial charge is 0.460 e.